The molecule has 2 fully saturated rings. The third-order valence-corrected chi connectivity index (χ3v) is 8.08. The SMILES string of the molecule is Nc1ncnc2c1ncn2[C@@H]1O[C@H](COP(=O)(O)OP2(=O)OC(F)(F)O2)[C@@H](O)[C@H]1O.O=CC(O)C(O)C(O)CO. The molecule has 2 aliphatic heterocycles. The van der Waals surface area contributed by atoms with Crippen molar-refractivity contribution in [3.8, 4) is 0 Å². The summed E-state index contributed by atoms with van der Waals surface area (Å²) >= 11 is 0. The highest BCUT2D eigenvalue weighted by Gasteiger charge is 2.63. The maximum Gasteiger partial charge on any atom is 0.503 e. The lowest BCUT2D eigenvalue weighted by atomic mass is 10.1. The van der Waals surface area contributed by atoms with Crippen LogP contribution in [-0.2, 0) is 36.5 Å². The van der Waals surface area contributed by atoms with E-state index in [2.05, 4.69) is 32.8 Å². The number of hydrogen-bond acceptors (Lipinski definition) is 18. The molecule has 2 aromatic rings. The minimum atomic E-state index is -5.24. The Balaban J connectivity index is 0.000000378. The second kappa shape index (κ2) is 12.4. The molecule has 2 aromatic heterocycles. The lowest BCUT2D eigenvalue weighted by Crippen LogP contribution is -2.40. The van der Waals surface area contributed by atoms with Crippen LogP contribution >= 0.6 is 15.6 Å². The first-order chi connectivity index (χ1) is 18.5. The Morgan fingerprint density at radius 2 is 1.88 bits per heavy atom. The van der Waals surface area contributed by atoms with Gasteiger partial charge in [0.1, 0.15) is 48.5 Å². The molecule has 4 rings (SSSR count). The van der Waals surface area contributed by atoms with Crippen molar-refractivity contribution in [2.24, 2.45) is 0 Å². The number of aldehydes is 1. The molecule has 2 saturated heterocycles. The van der Waals surface area contributed by atoms with Crippen molar-refractivity contribution in [2.45, 2.75) is 49.1 Å². The standard InChI is InChI=1S/C11H13F2N5O10P2.C5H10O5/c12-11(13)26-30(23,27-11)28-29(21,22)24-1-4-6(19)7(20)10(25-4)18-3-17-5-8(14)15-2-16-9(5)18;6-1-3(8)5(10)4(9)2-7/h2-4,6-7,10,19-20H,1H2,(H,21,22)(H2,14,15,16);1,3-5,7-10H,2H2/t4-,6-,7-,10-;/m1./s1. The maximum absolute atomic E-state index is 12.4. The molecule has 0 amide bonds. The number of carbonyl (C=O) groups is 1. The summed E-state index contributed by atoms with van der Waals surface area (Å²) in [5.74, 6) is 0.0610. The summed E-state index contributed by atoms with van der Waals surface area (Å²) in [5.41, 5.74) is 6.06. The number of nitrogens with two attached hydrogens (primary N) is 1. The van der Waals surface area contributed by atoms with E-state index in [0.717, 1.165) is 6.33 Å². The molecule has 0 aliphatic carbocycles. The number of phosphoric ester groups is 2. The van der Waals surface area contributed by atoms with Crippen LogP contribution in [0.1, 0.15) is 6.23 Å². The first-order valence-electron chi connectivity index (χ1n) is 10.7. The molecule has 0 spiro atoms. The van der Waals surface area contributed by atoms with Crippen molar-refractivity contribution in [3.05, 3.63) is 12.7 Å². The first-order valence-corrected chi connectivity index (χ1v) is 13.6. The van der Waals surface area contributed by atoms with Crippen molar-refractivity contribution in [1.82, 2.24) is 19.5 Å². The fourth-order valence-corrected chi connectivity index (χ4v) is 5.52. The fraction of sp³-hybridized carbons (Fsp3) is 0.625. The zero-order chi connectivity index (χ0) is 30.0. The minimum absolute atomic E-state index is 0.0610. The van der Waals surface area contributed by atoms with Crippen LogP contribution in [0.3, 0.4) is 0 Å². The molecular formula is C16H23F2N5O15P2. The average Bonchev–Trinajstić information content (AvgIpc) is 3.41. The van der Waals surface area contributed by atoms with Crippen LogP contribution in [0, 0.1) is 0 Å². The Labute approximate surface area is 220 Å². The Kier molecular flexibility index (Phi) is 10.0. The van der Waals surface area contributed by atoms with E-state index < -0.39 is 78.0 Å². The number of carbonyl (C=O) groups excluding carboxylic acids is 1. The number of fused-ring (bicyclic) bond motifs is 1. The van der Waals surface area contributed by atoms with Gasteiger partial charge in [-0.05, 0) is 0 Å². The monoisotopic (exact) mass is 625 g/mol. The number of phosphoric acid groups is 2. The highest BCUT2D eigenvalue weighted by molar-refractivity contribution is 7.62. The minimum Gasteiger partial charge on any atom is -0.394 e. The lowest BCUT2D eigenvalue weighted by molar-refractivity contribution is -0.377. The smallest absolute Gasteiger partial charge is 0.394 e. The summed E-state index contributed by atoms with van der Waals surface area (Å²) in [6.07, 6.45) is -12.3. The number of ether oxygens (including phenoxy) is 1. The highest BCUT2D eigenvalue weighted by atomic mass is 31.3. The van der Waals surface area contributed by atoms with E-state index >= 15 is 0 Å². The molecule has 8 atom stereocenters. The fourth-order valence-electron chi connectivity index (χ4n) is 3.19. The number of hydrogen-bond donors (Lipinski definition) is 8. The van der Waals surface area contributed by atoms with E-state index in [9.17, 15) is 37.8 Å². The predicted molar refractivity (Wildman–Crippen MR) is 118 cm³/mol. The summed E-state index contributed by atoms with van der Waals surface area (Å²) in [7, 11) is -10.2. The van der Waals surface area contributed by atoms with Gasteiger partial charge in [0.2, 0.25) is 0 Å². The predicted octanol–water partition coefficient (Wildman–Crippen LogP) is -2.87. The quantitative estimate of drug-likeness (QED) is 0.0971. The summed E-state index contributed by atoms with van der Waals surface area (Å²) in [4.78, 5) is 31.0. The molecule has 2 aliphatic rings. The molecule has 226 valence electrons. The summed E-state index contributed by atoms with van der Waals surface area (Å²) in [6.45, 7) is -1.56. The van der Waals surface area contributed by atoms with Crippen LogP contribution in [0.15, 0.2) is 12.7 Å². The molecule has 0 aromatic carbocycles. The van der Waals surface area contributed by atoms with Crippen molar-refractivity contribution < 1.29 is 80.9 Å². The van der Waals surface area contributed by atoms with Gasteiger partial charge in [0.05, 0.1) is 19.5 Å². The highest BCUT2D eigenvalue weighted by Crippen LogP contribution is 2.73. The molecule has 0 radical (unpaired) electrons. The van der Waals surface area contributed by atoms with Gasteiger partial charge in [-0.2, -0.15) is 13.4 Å². The number of halogens is 2. The van der Waals surface area contributed by atoms with E-state index in [4.69, 9.17) is 30.9 Å². The van der Waals surface area contributed by atoms with Gasteiger partial charge in [-0.25, -0.2) is 24.1 Å². The van der Waals surface area contributed by atoms with Crippen LogP contribution < -0.4 is 5.73 Å². The van der Waals surface area contributed by atoms with Crippen molar-refractivity contribution in [1.29, 1.82) is 0 Å². The van der Waals surface area contributed by atoms with Gasteiger partial charge in [-0.1, -0.05) is 0 Å². The van der Waals surface area contributed by atoms with Gasteiger partial charge in [-0.15, -0.1) is 8.78 Å². The third-order valence-electron chi connectivity index (χ3n) is 5.11. The molecule has 4 heterocycles. The van der Waals surface area contributed by atoms with Gasteiger partial charge >= 0.3 is 21.9 Å². The number of aliphatic hydroxyl groups is 6. The number of imidazole rings is 1. The zero-order valence-electron chi connectivity index (χ0n) is 19.6. The van der Waals surface area contributed by atoms with Crippen molar-refractivity contribution >= 4 is 38.9 Å². The van der Waals surface area contributed by atoms with Gasteiger partial charge < -0.3 is 50.8 Å². The maximum atomic E-state index is 12.4. The van der Waals surface area contributed by atoms with E-state index in [1.165, 1.54) is 10.9 Å². The molecule has 40 heavy (non-hydrogen) atoms. The summed E-state index contributed by atoms with van der Waals surface area (Å²) < 4.78 is 70.2. The second-order valence-electron chi connectivity index (χ2n) is 7.94. The number of alkyl halides is 2. The van der Waals surface area contributed by atoms with Crippen LogP contribution in [0.4, 0.5) is 14.6 Å². The Morgan fingerprint density at radius 1 is 1.23 bits per heavy atom. The van der Waals surface area contributed by atoms with Crippen LogP contribution in [0.2, 0.25) is 0 Å². The van der Waals surface area contributed by atoms with Crippen molar-refractivity contribution in [2.75, 3.05) is 18.9 Å². The van der Waals surface area contributed by atoms with E-state index in [1.807, 2.05) is 0 Å². The van der Waals surface area contributed by atoms with Crippen LogP contribution in [0.5, 0.6) is 0 Å². The molecular weight excluding hydrogens is 602 g/mol. The first kappa shape index (κ1) is 32.4. The van der Waals surface area contributed by atoms with Gasteiger partial charge in [0.15, 0.2) is 24.0 Å². The molecule has 20 nitrogen and oxygen atoms in total. The average molecular weight is 625 g/mol. The number of aromatic nitrogens is 4. The molecule has 4 unspecified atom stereocenters. The van der Waals surface area contributed by atoms with Crippen molar-refractivity contribution in [3.63, 3.8) is 0 Å². The normalized spacial score (nSPS) is 28.9. The van der Waals surface area contributed by atoms with Crippen LogP contribution in [0.25, 0.3) is 11.2 Å². The Morgan fingerprint density at radius 3 is 2.45 bits per heavy atom. The van der Waals surface area contributed by atoms with Crippen LogP contribution in [-0.4, -0.2) is 117 Å². The second-order valence-corrected chi connectivity index (χ2v) is 11.0. The van der Waals surface area contributed by atoms with Gasteiger partial charge in [0, 0.05) is 0 Å². The van der Waals surface area contributed by atoms with Gasteiger partial charge in [-0.3, -0.25) is 9.09 Å². The summed E-state index contributed by atoms with van der Waals surface area (Å²) in [5, 5.41) is 54.5. The number of rotatable bonds is 10. The number of nitrogen functional groups attached to an aromatic ring is 1. The number of aliphatic hydroxyl groups excluding tert-OH is 6. The lowest BCUT2D eigenvalue weighted by Gasteiger charge is -2.32. The molecule has 9 N–H and O–H groups in total. The van der Waals surface area contributed by atoms with E-state index in [0.29, 0.717) is 0 Å². The third kappa shape index (κ3) is 7.38. The largest absolute Gasteiger partial charge is 0.503 e. The van der Waals surface area contributed by atoms with Gasteiger partial charge in [0.25, 0.3) is 0 Å². The summed E-state index contributed by atoms with van der Waals surface area (Å²) in [6, 6.07) is 0. The Hall–Kier alpha value is -2.14. The van der Waals surface area contributed by atoms with E-state index in [1.54, 1.807) is 0 Å². The Bertz CT molecular complexity index is 1280. The van der Waals surface area contributed by atoms with E-state index in [-0.39, 0.29) is 23.3 Å². The molecule has 0 saturated carbocycles. The molecule has 24 heteroatoms. The molecule has 0 bridgehead atoms. The number of nitrogens with zero attached hydrogens (tertiary/aromatic N) is 4. The number of anilines is 1. The zero-order valence-corrected chi connectivity index (χ0v) is 21.4. The topological polar surface area (TPSA) is 309 Å².